The highest BCUT2D eigenvalue weighted by atomic mass is 35.5. The summed E-state index contributed by atoms with van der Waals surface area (Å²) < 4.78 is 26.5. The molecule has 2 N–H and O–H groups in total. The minimum absolute atomic E-state index is 0.180. The van der Waals surface area contributed by atoms with Crippen molar-refractivity contribution in [2.75, 3.05) is 13.1 Å². The van der Waals surface area contributed by atoms with Crippen LogP contribution in [0.25, 0.3) is 0 Å². The molecule has 8 heteroatoms. The third kappa shape index (κ3) is 3.06. The van der Waals surface area contributed by atoms with Gasteiger partial charge in [0.15, 0.2) is 9.84 Å². The van der Waals surface area contributed by atoms with Crippen molar-refractivity contribution in [3.8, 4) is 0 Å². The van der Waals surface area contributed by atoms with E-state index in [9.17, 15) is 13.5 Å². The third-order valence-corrected chi connectivity index (χ3v) is 8.31. The van der Waals surface area contributed by atoms with Crippen LogP contribution >= 0.6 is 23.2 Å². The number of sulfone groups is 1. The van der Waals surface area contributed by atoms with Crippen LogP contribution in [0.1, 0.15) is 25.7 Å². The minimum atomic E-state index is -3.54. The first-order valence-electron chi connectivity index (χ1n) is 8.93. The molecule has 0 amide bonds. The maximum atomic E-state index is 13.3. The number of fused-ring (bicyclic) bond motifs is 1. The second-order valence-corrected chi connectivity index (χ2v) is 10.4. The summed E-state index contributed by atoms with van der Waals surface area (Å²) in [5.74, 6) is 0. The molecule has 2 heterocycles. The number of nitrogens with zero attached hydrogens (tertiary/aromatic N) is 1. The Hall–Kier alpha value is -0.790. The number of aliphatic hydroxyl groups is 1. The predicted molar refractivity (Wildman–Crippen MR) is 104 cm³/mol. The van der Waals surface area contributed by atoms with E-state index in [2.05, 4.69) is 5.32 Å². The highest BCUT2D eigenvalue weighted by Gasteiger charge is 2.47. The highest BCUT2D eigenvalue weighted by Crippen LogP contribution is 2.45. The lowest BCUT2D eigenvalue weighted by Gasteiger charge is -2.46. The van der Waals surface area contributed by atoms with Crippen molar-refractivity contribution in [1.82, 2.24) is 10.2 Å². The lowest BCUT2D eigenvalue weighted by Crippen LogP contribution is -2.51. The maximum absolute atomic E-state index is 13.3. The molecule has 5 nitrogen and oxygen atoms in total. The van der Waals surface area contributed by atoms with Gasteiger partial charge in [0.1, 0.15) is 5.25 Å². The van der Waals surface area contributed by atoms with Crippen molar-refractivity contribution in [2.24, 2.45) is 0 Å². The summed E-state index contributed by atoms with van der Waals surface area (Å²) in [4.78, 5) is 2.41. The van der Waals surface area contributed by atoms with Gasteiger partial charge < -0.3 is 15.3 Å². The van der Waals surface area contributed by atoms with Crippen LogP contribution in [0, 0.1) is 0 Å². The molecule has 2 aliphatic heterocycles. The molecule has 1 fully saturated rings. The van der Waals surface area contributed by atoms with Crippen LogP contribution in [-0.2, 0) is 9.84 Å². The first-order chi connectivity index (χ1) is 12.4. The number of rotatable bonds is 1. The van der Waals surface area contributed by atoms with E-state index in [1.807, 2.05) is 11.0 Å². The zero-order valence-corrected chi connectivity index (χ0v) is 16.6. The lowest BCUT2D eigenvalue weighted by molar-refractivity contribution is 0.0846. The number of hydrogen-bond donors (Lipinski definition) is 2. The molecule has 0 aromatic rings. The van der Waals surface area contributed by atoms with Crippen LogP contribution in [0.4, 0.5) is 0 Å². The molecule has 2 aliphatic carbocycles. The number of aliphatic hydroxyl groups excluding tert-OH is 1. The van der Waals surface area contributed by atoms with Gasteiger partial charge in [-0.15, -0.1) is 11.6 Å². The summed E-state index contributed by atoms with van der Waals surface area (Å²) in [6.45, 7) is 1.34. The van der Waals surface area contributed by atoms with E-state index in [0.29, 0.717) is 27.9 Å². The highest BCUT2D eigenvalue weighted by molar-refractivity contribution is 7.96. The summed E-state index contributed by atoms with van der Waals surface area (Å²) in [6.07, 6.45) is 8.85. The molecule has 2 unspecified atom stereocenters. The number of nitrogens with one attached hydrogen (secondary N) is 1. The largest absolute Gasteiger partial charge is 0.390 e. The van der Waals surface area contributed by atoms with Crippen molar-refractivity contribution >= 4 is 33.0 Å². The molecule has 0 spiro atoms. The van der Waals surface area contributed by atoms with Crippen LogP contribution in [0.3, 0.4) is 0 Å². The zero-order chi connectivity index (χ0) is 18.5. The van der Waals surface area contributed by atoms with Crippen molar-refractivity contribution < 1.29 is 13.5 Å². The third-order valence-electron chi connectivity index (χ3n) is 5.51. The van der Waals surface area contributed by atoms with Gasteiger partial charge in [-0.1, -0.05) is 17.7 Å². The smallest absolute Gasteiger partial charge is 0.185 e. The van der Waals surface area contributed by atoms with E-state index in [0.717, 1.165) is 19.4 Å². The van der Waals surface area contributed by atoms with Gasteiger partial charge in [-0.25, -0.2) is 8.42 Å². The molecule has 142 valence electrons. The Morgan fingerprint density at radius 1 is 1.27 bits per heavy atom. The molecule has 1 saturated heterocycles. The number of alkyl halides is 1. The topological polar surface area (TPSA) is 69.6 Å². The van der Waals surface area contributed by atoms with Gasteiger partial charge in [-0.05, 0) is 37.6 Å². The van der Waals surface area contributed by atoms with E-state index in [1.165, 1.54) is 0 Å². The standard InChI is InChI=1S/C18H22Cl2N2O3S/c19-11-3-5-14-17(8-11)26(24,25)18-9-12(20)4-6-15(18)22(14)13-2-1-7-21-10-16(13)23/h3-6,11,13,16,18,21,23H,1-2,7-10H2/t11?,13-,16-,18?/m0/s1. The average Bonchev–Trinajstić information content (AvgIpc) is 2.81. The quantitative estimate of drug-likeness (QED) is 0.642. The van der Waals surface area contributed by atoms with Crippen LogP contribution in [0.15, 0.2) is 45.6 Å². The Balaban J connectivity index is 1.88. The monoisotopic (exact) mass is 416 g/mol. The summed E-state index contributed by atoms with van der Waals surface area (Å²) in [6, 6.07) is -0.180. The van der Waals surface area contributed by atoms with Crippen LogP contribution in [-0.4, -0.2) is 54.3 Å². The van der Waals surface area contributed by atoms with Crippen molar-refractivity contribution in [3.05, 3.63) is 45.6 Å². The summed E-state index contributed by atoms with van der Waals surface area (Å²) in [5, 5.41) is 13.4. The molecule has 26 heavy (non-hydrogen) atoms. The van der Waals surface area contributed by atoms with Gasteiger partial charge >= 0.3 is 0 Å². The lowest BCUT2D eigenvalue weighted by atomic mass is 9.97. The SMILES string of the molecule is O=S1(=O)C2=C(C=CC(Cl)C2)N([C@H]2CCCNC[C@@H]2O)C2=CC=C(Cl)CC21. The van der Waals surface area contributed by atoms with E-state index in [1.54, 1.807) is 18.2 Å². The fourth-order valence-corrected chi connectivity index (χ4v) is 7.00. The molecule has 0 aromatic heterocycles. The van der Waals surface area contributed by atoms with Crippen LogP contribution in [0.5, 0.6) is 0 Å². The molecular formula is C18H22Cl2N2O3S. The second-order valence-electron chi connectivity index (χ2n) is 7.18. The fourth-order valence-electron chi connectivity index (χ4n) is 4.25. The number of allylic oxidation sites excluding steroid dienone is 6. The first kappa shape index (κ1) is 18.6. The van der Waals surface area contributed by atoms with Crippen molar-refractivity contribution in [2.45, 2.75) is 48.5 Å². The van der Waals surface area contributed by atoms with Crippen LogP contribution in [0.2, 0.25) is 0 Å². The number of hydrogen-bond acceptors (Lipinski definition) is 5. The Bertz CT molecular complexity index is 831. The van der Waals surface area contributed by atoms with Crippen LogP contribution < -0.4 is 5.32 Å². The molecule has 4 atom stereocenters. The van der Waals surface area contributed by atoms with Gasteiger partial charge in [0.05, 0.1) is 28.1 Å². The van der Waals surface area contributed by atoms with E-state index in [4.69, 9.17) is 23.2 Å². The second kappa shape index (κ2) is 6.99. The van der Waals surface area contributed by atoms with E-state index in [-0.39, 0.29) is 24.3 Å². The Kier molecular flexibility index (Phi) is 4.99. The Morgan fingerprint density at radius 3 is 2.88 bits per heavy atom. The average molecular weight is 417 g/mol. The van der Waals surface area contributed by atoms with Gasteiger partial charge in [0, 0.05) is 30.1 Å². The maximum Gasteiger partial charge on any atom is 0.185 e. The van der Waals surface area contributed by atoms with Gasteiger partial charge in [0.2, 0.25) is 0 Å². The Labute approximate surface area is 163 Å². The summed E-state index contributed by atoms with van der Waals surface area (Å²) in [5.41, 5.74) is 1.36. The molecule has 0 saturated carbocycles. The van der Waals surface area contributed by atoms with Gasteiger partial charge in [-0.2, -0.15) is 0 Å². The van der Waals surface area contributed by atoms with E-state index >= 15 is 0 Å². The normalized spacial score (nSPS) is 36.7. The summed E-state index contributed by atoms with van der Waals surface area (Å²) in [7, 11) is -3.54. The molecule has 0 radical (unpaired) electrons. The zero-order valence-electron chi connectivity index (χ0n) is 14.2. The van der Waals surface area contributed by atoms with Crippen molar-refractivity contribution in [1.29, 1.82) is 0 Å². The molecule has 0 aromatic carbocycles. The van der Waals surface area contributed by atoms with Gasteiger partial charge in [-0.3, -0.25) is 0 Å². The van der Waals surface area contributed by atoms with Gasteiger partial charge in [0.25, 0.3) is 0 Å². The number of halogens is 2. The predicted octanol–water partition coefficient (Wildman–Crippen LogP) is 2.39. The Morgan fingerprint density at radius 2 is 2.08 bits per heavy atom. The van der Waals surface area contributed by atoms with E-state index < -0.39 is 21.2 Å². The number of β-amino-alcohol motifs (C(OH)–C–C–N with tert-alkyl or cyclic N) is 1. The van der Waals surface area contributed by atoms with Crippen molar-refractivity contribution in [3.63, 3.8) is 0 Å². The molecular weight excluding hydrogens is 395 g/mol. The molecule has 0 bridgehead atoms. The summed E-state index contributed by atoms with van der Waals surface area (Å²) >= 11 is 12.4. The fraction of sp³-hybridized carbons (Fsp3) is 0.556. The molecule has 4 aliphatic rings. The first-order valence-corrected chi connectivity index (χ1v) is 11.3. The molecule has 4 rings (SSSR count). The minimum Gasteiger partial charge on any atom is -0.390 e.